The lowest BCUT2D eigenvalue weighted by Gasteiger charge is -2.21. The highest BCUT2D eigenvalue weighted by Gasteiger charge is 2.24. The highest BCUT2D eigenvalue weighted by molar-refractivity contribution is 5.86. The summed E-state index contributed by atoms with van der Waals surface area (Å²) in [6.07, 6.45) is 1.25. The Morgan fingerprint density at radius 1 is 1.20 bits per heavy atom. The third kappa shape index (κ3) is 2.65. The Kier molecular flexibility index (Phi) is 3.64. The lowest BCUT2D eigenvalue weighted by molar-refractivity contribution is 0.265. The first-order valence-corrected chi connectivity index (χ1v) is 7.29. The molecule has 1 unspecified atom stereocenters. The summed E-state index contributed by atoms with van der Waals surface area (Å²) >= 11 is 0. The average Bonchev–Trinajstić information content (AvgIpc) is 2.88. The first-order valence-electron chi connectivity index (χ1n) is 7.29. The number of nitrogens with two attached hydrogens (primary N) is 1. The van der Waals surface area contributed by atoms with Gasteiger partial charge in [-0.1, -0.05) is 24.3 Å². The van der Waals surface area contributed by atoms with Crippen LogP contribution in [0.5, 0.6) is 0 Å². The van der Waals surface area contributed by atoms with Gasteiger partial charge < -0.3 is 10.6 Å². The van der Waals surface area contributed by atoms with Crippen LogP contribution in [0.4, 0.5) is 5.69 Å². The van der Waals surface area contributed by atoms with Gasteiger partial charge in [0.25, 0.3) is 0 Å². The van der Waals surface area contributed by atoms with Gasteiger partial charge in [-0.15, -0.1) is 0 Å². The Bertz CT molecular complexity index is 606. The highest BCUT2D eigenvalue weighted by atomic mass is 15.2. The zero-order valence-corrected chi connectivity index (χ0v) is 12.3. The van der Waals surface area contributed by atoms with Crippen molar-refractivity contribution < 1.29 is 0 Å². The Labute approximate surface area is 121 Å². The fraction of sp³-hybridized carbons (Fsp3) is 0.412. The summed E-state index contributed by atoms with van der Waals surface area (Å²) in [5.41, 5.74) is 8.39. The van der Waals surface area contributed by atoms with E-state index < -0.39 is 0 Å². The number of benzene rings is 2. The van der Waals surface area contributed by atoms with Crippen molar-refractivity contribution in [2.45, 2.75) is 19.0 Å². The van der Waals surface area contributed by atoms with Crippen molar-refractivity contribution in [3.63, 3.8) is 0 Å². The second-order valence-corrected chi connectivity index (χ2v) is 6.04. The largest absolute Gasteiger partial charge is 0.398 e. The molecule has 0 aromatic heterocycles. The maximum absolute atomic E-state index is 6.22. The van der Waals surface area contributed by atoms with E-state index in [1.165, 1.54) is 22.8 Å². The molecule has 1 fully saturated rings. The van der Waals surface area contributed by atoms with Gasteiger partial charge in [-0.25, -0.2) is 0 Å². The van der Waals surface area contributed by atoms with Crippen LogP contribution in [0.2, 0.25) is 0 Å². The average molecular weight is 269 g/mol. The fourth-order valence-corrected chi connectivity index (χ4v) is 3.06. The first kappa shape index (κ1) is 13.4. The Morgan fingerprint density at radius 3 is 2.55 bits per heavy atom. The van der Waals surface area contributed by atoms with Crippen LogP contribution in [0.1, 0.15) is 12.0 Å². The van der Waals surface area contributed by atoms with Crippen molar-refractivity contribution in [3.8, 4) is 0 Å². The zero-order chi connectivity index (χ0) is 14.1. The molecule has 2 aromatic carbocycles. The van der Waals surface area contributed by atoms with Crippen LogP contribution in [0.3, 0.4) is 0 Å². The standard InChI is InChI=1S/C17H23N3/c1-19(2)16-7-8-20(12-16)11-15-9-13-5-3-4-6-14(13)10-17(15)18/h3-6,9-10,16H,7-8,11-12,18H2,1-2H3. The van der Waals surface area contributed by atoms with Crippen LogP contribution < -0.4 is 5.73 Å². The second kappa shape index (κ2) is 5.43. The number of fused-ring (bicyclic) bond motifs is 1. The third-order valence-corrected chi connectivity index (χ3v) is 4.38. The molecule has 20 heavy (non-hydrogen) atoms. The molecule has 1 atom stereocenters. The minimum atomic E-state index is 0.677. The van der Waals surface area contributed by atoms with E-state index in [0.29, 0.717) is 6.04 Å². The maximum atomic E-state index is 6.22. The smallest absolute Gasteiger partial charge is 0.0366 e. The molecule has 0 amide bonds. The van der Waals surface area contributed by atoms with E-state index in [1.54, 1.807) is 0 Å². The molecule has 0 spiro atoms. The quantitative estimate of drug-likeness (QED) is 0.869. The van der Waals surface area contributed by atoms with E-state index in [0.717, 1.165) is 25.3 Å². The van der Waals surface area contributed by atoms with Crippen LogP contribution in [0.25, 0.3) is 10.8 Å². The molecule has 1 saturated heterocycles. The number of hydrogen-bond donors (Lipinski definition) is 1. The van der Waals surface area contributed by atoms with E-state index in [4.69, 9.17) is 5.73 Å². The topological polar surface area (TPSA) is 32.5 Å². The number of nitrogen functional groups attached to an aromatic ring is 1. The molecule has 0 saturated carbocycles. The van der Waals surface area contributed by atoms with Crippen molar-refractivity contribution in [1.29, 1.82) is 0 Å². The van der Waals surface area contributed by atoms with Gasteiger partial charge in [0.1, 0.15) is 0 Å². The highest BCUT2D eigenvalue weighted by Crippen LogP contribution is 2.24. The van der Waals surface area contributed by atoms with Gasteiger partial charge >= 0.3 is 0 Å². The monoisotopic (exact) mass is 269 g/mol. The van der Waals surface area contributed by atoms with Crippen LogP contribution in [0, 0.1) is 0 Å². The van der Waals surface area contributed by atoms with Crippen LogP contribution in [0.15, 0.2) is 36.4 Å². The molecular weight excluding hydrogens is 246 g/mol. The minimum absolute atomic E-state index is 0.677. The molecule has 3 heteroatoms. The van der Waals surface area contributed by atoms with E-state index >= 15 is 0 Å². The Morgan fingerprint density at radius 2 is 1.90 bits per heavy atom. The Hall–Kier alpha value is -1.58. The van der Waals surface area contributed by atoms with Gasteiger partial charge in [0.05, 0.1) is 0 Å². The summed E-state index contributed by atoms with van der Waals surface area (Å²) in [4.78, 5) is 4.83. The summed E-state index contributed by atoms with van der Waals surface area (Å²) in [5, 5.41) is 2.50. The fourth-order valence-electron chi connectivity index (χ4n) is 3.06. The lowest BCUT2D eigenvalue weighted by Crippen LogP contribution is -2.31. The number of nitrogens with zero attached hydrogens (tertiary/aromatic N) is 2. The number of hydrogen-bond acceptors (Lipinski definition) is 3. The molecule has 1 aliphatic heterocycles. The third-order valence-electron chi connectivity index (χ3n) is 4.38. The molecule has 0 bridgehead atoms. The van der Waals surface area contributed by atoms with Crippen molar-refractivity contribution in [3.05, 3.63) is 42.0 Å². The van der Waals surface area contributed by atoms with Gasteiger partial charge in [0.15, 0.2) is 0 Å². The molecule has 3 nitrogen and oxygen atoms in total. The summed E-state index contributed by atoms with van der Waals surface area (Å²) in [6.45, 7) is 3.26. The summed E-state index contributed by atoms with van der Waals surface area (Å²) in [7, 11) is 4.33. The van der Waals surface area contributed by atoms with Crippen molar-refractivity contribution in [1.82, 2.24) is 9.80 Å². The van der Waals surface area contributed by atoms with Crippen molar-refractivity contribution in [2.75, 3.05) is 32.9 Å². The number of anilines is 1. The molecule has 106 valence electrons. The minimum Gasteiger partial charge on any atom is -0.398 e. The van der Waals surface area contributed by atoms with Gasteiger partial charge in [0, 0.05) is 31.4 Å². The molecule has 0 aliphatic carbocycles. The zero-order valence-electron chi connectivity index (χ0n) is 12.3. The van der Waals surface area contributed by atoms with Crippen molar-refractivity contribution >= 4 is 16.5 Å². The molecule has 0 radical (unpaired) electrons. The summed E-state index contributed by atoms with van der Waals surface area (Å²) in [5.74, 6) is 0. The number of likely N-dealkylation sites (N-methyl/N-ethyl adjacent to an activating group) is 1. The van der Waals surface area contributed by atoms with E-state index in [2.05, 4.69) is 60.3 Å². The molecule has 3 rings (SSSR count). The summed E-state index contributed by atoms with van der Waals surface area (Å²) in [6, 6.07) is 13.4. The van der Waals surface area contributed by atoms with Crippen LogP contribution >= 0.6 is 0 Å². The van der Waals surface area contributed by atoms with Gasteiger partial charge in [-0.05, 0) is 49.0 Å². The lowest BCUT2D eigenvalue weighted by atomic mass is 10.0. The SMILES string of the molecule is CN(C)C1CCN(Cc2cc3ccccc3cc2N)C1. The summed E-state index contributed by atoms with van der Waals surface area (Å²) < 4.78 is 0. The first-order chi connectivity index (χ1) is 9.63. The van der Waals surface area contributed by atoms with E-state index in [1.807, 2.05) is 0 Å². The van der Waals surface area contributed by atoms with Gasteiger partial charge in [0.2, 0.25) is 0 Å². The van der Waals surface area contributed by atoms with E-state index in [9.17, 15) is 0 Å². The van der Waals surface area contributed by atoms with Gasteiger partial charge in [-0.3, -0.25) is 4.90 Å². The Balaban J connectivity index is 1.79. The van der Waals surface area contributed by atoms with Crippen LogP contribution in [-0.4, -0.2) is 43.0 Å². The molecule has 1 heterocycles. The van der Waals surface area contributed by atoms with Crippen LogP contribution in [-0.2, 0) is 6.54 Å². The maximum Gasteiger partial charge on any atom is 0.0366 e. The predicted molar refractivity (Wildman–Crippen MR) is 85.7 cm³/mol. The van der Waals surface area contributed by atoms with Crippen molar-refractivity contribution in [2.24, 2.45) is 0 Å². The predicted octanol–water partition coefficient (Wildman–Crippen LogP) is 2.56. The van der Waals surface area contributed by atoms with E-state index in [-0.39, 0.29) is 0 Å². The molecule has 2 aromatic rings. The molecular formula is C17H23N3. The normalized spacial score (nSPS) is 20.1. The number of rotatable bonds is 3. The molecule has 1 aliphatic rings. The number of likely N-dealkylation sites (tertiary alicyclic amines) is 1. The molecule has 2 N–H and O–H groups in total. The second-order valence-electron chi connectivity index (χ2n) is 6.04. The van der Waals surface area contributed by atoms with Gasteiger partial charge in [-0.2, -0.15) is 0 Å².